The van der Waals surface area contributed by atoms with Gasteiger partial charge >= 0.3 is 0 Å². The van der Waals surface area contributed by atoms with Crippen molar-refractivity contribution in [2.24, 2.45) is 10.7 Å². The number of aromatic amines is 1. The second-order valence-corrected chi connectivity index (χ2v) is 8.41. The molecule has 2 heterocycles. The van der Waals surface area contributed by atoms with Gasteiger partial charge < -0.3 is 10.7 Å². The maximum Gasteiger partial charge on any atom is 0.259 e. The minimum Gasteiger partial charge on any atom is -0.379 e. The molecule has 134 valence electrons. The Balaban J connectivity index is 1.48. The molecule has 0 saturated carbocycles. The summed E-state index contributed by atoms with van der Waals surface area (Å²) in [6.07, 6.45) is 4.42. The van der Waals surface area contributed by atoms with Crippen molar-refractivity contribution in [3.05, 3.63) is 62.5 Å². The number of rotatable bonds is 4. The van der Waals surface area contributed by atoms with Crippen molar-refractivity contribution in [2.45, 2.75) is 38.0 Å². The highest BCUT2D eigenvalue weighted by Crippen LogP contribution is 2.33. The smallest absolute Gasteiger partial charge is 0.259 e. The molecule has 0 aliphatic heterocycles. The number of aliphatic imine (C=N–C) groups is 1. The summed E-state index contributed by atoms with van der Waals surface area (Å²) in [6.45, 7) is 0.556. The van der Waals surface area contributed by atoms with E-state index in [4.69, 9.17) is 5.73 Å². The van der Waals surface area contributed by atoms with Gasteiger partial charge in [-0.25, -0.2) is 4.98 Å². The molecule has 1 aliphatic rings. The Morgan fingerprint density at radius 3 is 2.92 bits per heavy atom. The number of benzene rings is 1. The van der Waals surface area contributed by atoms with Crippen LogP contribution >= 0.6 is 23.1 Å². The molecule has 3 N–H and O–H groups in total. The van der Waals surface area contributed by atoms with Gasteiger partial charge in [0.05, 0.1) is 17.7 Å². The number of hydrogen-bond donors (Lipinski definition) is 2. The van der Waals surface area contributed by atoms with Crippen LogP contribution in [0.15, 0.2) is 40.1 Å². The molecule has 4 rings (SSSR count). The number of nitrogens with one attached hydrogen (secondary N) is 1. The molecule has 5 nitrogen and oxygen atoms in total. The van der Waals surface area contributed by atoms with E-state index in [0.29, 0.717) is 23.3 Å². The summed E-state index contributed by atoms with van der Waals surface area (Å²) in [5, 5.41) is 1.30. The maximum absolute atomic E-state index is 12.5. The number of hydrogen-bond acceptors (Lipinski definition) is 5. The highest BCUT2D eigenvalue weighted by atomic mass is 32.2. The van der Waals surface area contributed by atoms with Crippen LogP contribution in [0.3, 0.4) is 0 Å². The fourth-order valence-corrected chi connectivity index (χ4v) is 5.08. The van der Waals surface area contributed by atoms with Crippen LogP contribution in [0, 0.1) is 0 Å². The lowest BCUT2D eigenvalue weighted by Crippen LogP contribution is -2.14. The number of amidine groups is 1. The monoisotopic (exact) mass is 384 g/mol. The normalized spacial score (nSPS) is 14.5. The van der Waals surface area contributed by atoms with E-state index in [-0.39, 0.29) is 5.56 Å². The quantitative estimate of drug-likeness (QED) is 0.532. The first-order valence-corrected chi connectivity index (χ1v) is 10.5. The number of nitrogens with zero attached hydrogens (tertiary/aromatic N) is 2. The summed E-state index contributed by atoms with van der Waals surface area (Å²) in [7, 11) is 0. The lowest BCUT2D eigenvalue weighted by atomic mass is 9.97. The van der Waals surface area contributed by atoms with Gasteiger partial charge in [0.15, 0.2) is 5.17 Å². The maximum atomic E-state index is 12.5. The van der Waals surface area contributed by atoms with Gasteiger partial charge in [-0.15, -0.1) is 11.3 Å². The van der Waals surface area contributed by atoms with Gasteiger partial charge in [0.25, 0.3) is 5.56 Å². The molecule has 1 aromatic carbocycles. The van der Waals surface area contributed by atoms with Gasteiger partial charge in [-0.3, -0.25) is 9.79 Å². The van der Waals surface area contributed by atoms with Crippen molar-refractivity contribution in [3.8, 4) is 0 Å². The van der Waals surface area contributed by atoms with Gasteiger partial charge in [0.2, 0.25) is 0 Å². The second-order valence-electron chi connectivity index (χ2n) is 6.33. The third kappa shape index (κ3) is 3.68. The molecule has 7 heteroatoms. The van der Waals surface area contributed by atoms with Gasteiger partial charge in [-0.2, -0.15) is 0 Å². The first kappa shape index (κ1) is 17.3. The van der Waals surface area contributed by atoms with Crippen LogP contribution in [0.4, 0.5) is 0 Å². The van der Waals surface area contributed by atoms with Gasteiger partial charge in [-0.05, 0) is 36.8 Å². The molecular formula is C19H20N4OS2. The standard InChI is InChI=1S/C19H20N4OS2/c20-19(21-10-12-6-2-1-3-7-12)25-11-15-22-17(24)16-13-8-4-5-9-14(13)26-18(16)23-15/h1-3,6-7H,4-5,8-11H2,(H2,20,21)(H,22,23,24). The Morgan fingerprint density at radius 2 is 2.08 bits per heavy atom. The van der Waals surface area contributed by atoms with Crippen LogP contribution in [0.5, 0.6) is 0 Å². The van der Waals surface area contributed by atoms with Crippen LogP contribution in [0.2, 0.25) is 0 Å². The molecular weight excluding hydrogens is 364 g/mol. The molecule has 3 aromatic rings. The number of aryl methyl sites for hydroxylation is 2. The topological polar surface area (TPSA) is 84.1 Å². The van der Waals surface area contributed by atoms with Gasteiger partial charge in [0.1, 0.15) is 10.7 Å². The van der Waals surface area contributed by atoms with Crippen molar-refractivity contribution >= 4 is 38.5 Å². The first-order chi connectivity index (χ1) is 12.7. The molecule has 0 spiro atoms. The molecule has 0 radical (unpaired) electrons. The van der Waals surface area contributed by atoms with Gasteiger partial charge in [-0.1, -0.05) is 42.1 Å². The Bertz CT molecular complexity index is 1010. The molecule has 0 unspecified atom stereocenters. The SMILES string of the molecule is NC(=NCc1ccccc1)SCc1nc2sc3c(c2c(=O)[nH]1)CCCC3. The van der Waals surface area contributed by atoms with Crippen LogP contribution in [-0.4, -0.2) is 15.1 Å². The van der Waals surface area contributed by atoms with Crippen LogP contribution in [-0.2, 0) is 25.1 Å². The van der Waals surface area contributed by atoms with Crippen LogP contribution < -0.4 is 11.3 Å². The molecule has 0 amide bonds. The van der Waals surface area contributed by atoms with Crippen LogP contribution in [0.25, 0.3) is 10.2 Å². The zero-order chi connectivity index (χ0) is 17.9. The molecule has 0 fully saturated rings. The molecule has 0 atom stereocenters. The van der Waals surface area contributed by atoms with E-state index in [9.17, 15) is 4.79 Å². The fourth-order valence-electron chi connectivity index (χ4n) is 3.22. The van der Waals surface area contributed by atoms with E-state index in [1.54, 1.807) is 11.3 Å². The van der Waals surface area contributed by atoms with Crippen molar-refractivity contribution in [1.29, 1.82) is 0 Å². The zero-order valence-corrected chi connectivity index (χ0v) is 16.0. The molecule has 0 saturated heterocycles. The largest absolute Gasteiger partial charge is 0.379 e. The number of fused-ring (bicyclic) bond motifs is 3. The number of nitrogens with two attached hydrogens (primary N) is 1. The Kier molecular flexibility index (Phi) is 5.08. The van der Waals surface area contributed by atoms with E-state index in [1.165, 1.54) is 28.6 Å². The highest BCUT2D eigenvalue weighted by molar-refractivity contribution is 8.13. The molecule has 0 bridgehead atoms. The summed E-state index contributed by atoms with van der Waals surface area (Å²) in [6, 6.07) is 9.99. The average Bonchev–Trinajstić information content (AvgIpc) is 3.04. The third-order valence-electron chi connectivity index (χ3n) is 4.49. The van der Waals surface area contributed by atoms with E-state index in [1.807, 2.05) is 30.3 Å². The average molecular weight is 385 g/mol. The fraction of sp³-hybridized carbons (Fsp3) is 0.316. The molecule has 26 heavy (non-hydrogen) atoms. The van der Waals surface area contributed by atoms with E-state index in [2.05, 4.69) is 15.0 Å². The van der Waals surface area contributed by atoms with Crippen molar-refractivity contribution in [2.75, 3.05) is 0 Å². The summed E-state index contributed by atoms with van der Waals surface area (Å²) in [4.78, 5) is 26.7. The predicted molar refractivity (Wildman–Crippen MR) is 110 cm³/mol. The number of thiophene rings is 1. The first-order valence-electron chi connectivity index (χ1n) is 8.71. The molecule has 2 aromatic heterocycles. The van der Waals surface area contributed by atoms with Crippen molar-refractivity contribution < 1.29 is 0 Å². The van der Waals surface area contributed by atoms with Crippen molar-refractivity contribution in [3.63, 3.8) is 0 Å². The van der Waals surface area contributed by atoms with E-state index < -0.39 is 0 Å². The van der Waals surface area contributed by atoms with E-state index >= 15 is 0 Å². The minimum absolute atomic E-state index is 0.0233. The summed E-state index contributed by atoms with van der Waals surface area (Å²) >= 11 is 3.07. The molecule has 1 aliphatic carbocycles. The zero-order valence-electron chi connectivity index (χ0n) is 14.3. The lowest BCUT2D eigenvalue weighted by Gasteiger charge is -2.09. The van der Waals surface area contributed by atoms with Gasteiger partial charge in [0, 0.05) is 4.88 Å². The summed E-state index contributed by atoms with van der Waals surface area (Å²) < 4.78 is 0. The lowest BCUT2D eigenvalue weighted by molar-refractivity contribution is 0.700. The van der Waals surface area contributed by atoms with E-state index in [0.717, 1.165) is 35.0 Å². The Morgan fingerprint density at radius 1 is 1.27 bits per heavy atom. The predicted octanol–water partition coefficient (Wildman–Crippen LogP) is 3.61. The third-order valence-corrected chi connectivity index (χ3v) is 6.52. The highest BCUT2D eigenvalue weighted by Gasteiger charge is 2.19. The number of H-pyrrole nitrogens is 1. The van der Waals surface area contributed by atoms with Crippen LogP contribution in [0.1, 0.15) is 34.7 Å². The Hall–Kier alpha value is -2.12. The summed E-state index contributed by atoms with van der Waals surface area (Å²) in [5.74, 6) is 1.17. The minimum atomic E-state index is -0.0233. The number of aromatic nitrogens is 2. The summed E-state index contributed by atoms with van der Waals surface area (Å²) in [5.41, 5.74) is 8.31. The number of thioether (sulfide) groups is 1. The Labute approximate surface area is 159 Å². The second kappa shape index (κ2) is 7.63. The van der Waals surface area contributed by atoms with Crippen molar-refractivity contribution in [1.82, 2.24) is 9.97 Å².